The van der Waals surface area contributed by atoms with Crippen LogP contribution in [0.25, 0.3) is 0 Å². The largest absolute Gasteiger partial charge is 0.497 e. The van der Waals surface area contributed by atoms with E-state index in [1.807, 2.05) is 32.0 Å². The highest BCUT2D eigenvalue weighted by Gasteiger charge is 2.37. The Hall–Kier alpha value is -3.72. The van der Waals surface area contributed by atoms with Gasteiger partial charge < -0.3 is 19.5 Å². The highest BCUT2D eigenvalue weighted by Crippen LogP contribution is 2.37. The lowest BCUT2D eigenvalue weighted by atomic mass is 10.1. The number of anilines is 1. The van der Waals surface area contributed by atoms with Gasteiger partial charge in [-0.2, -0.15) is 0 Å². The van der Waals surface area contributed by atoms with Crippen LogP contribution in [-0.2, 0) is 14.8 Å². The molecule has 0 spiro atoms. The first-order valence-corrected chi connectivity index (χ1v) is 12.6. The summed E-state index contributed by atoms with van der Waals surface area (Å²) in [5.41, 5.74) is 2.55. The van der Waals surface area contributed by atoms with Gasteiger partial charge in [0.1, 0.15) is 23.9 Å². The van der Waals surface area contributed by atoms with Crippen molar-refractivity contribution in [2.24, 2.45) is 0 Å². The molecule has 184 valence electrons. The zero-order valence-electron chi connectivity index (χ0n) is 19.9. The fourth-order valence-corrected chi connectivity index (χ4v) is 5.25. The highest BCUT2D eigenvalue weighted by molar-refractivity contribution is 7.92. The number of sulfonamides is 1. The molecule has 1 N–H and O–H groups in total. The van der Waals surface area contributed by atoms with E-state index in [0.29, 0.717) is 17.2 Å². The molecule has 3 aromatic rings. The van der Waals surface area contributed by atoms with Crippen LogP contribution in [-0.4, -0.2) is 47.2 Å². The summed E-state index contributed by atoms with van der Waals surface area (Å²) < 4.78 is 44.9. The second-order valence-corrected chi connectivity index (χ2v) is 9.99. The van der Waals surface area contributed by atoms with Crippen LogP contribution in [0.5, 0.6) is 17.2 Å². The Morgan fingerprint density at radius 3 is 2.54 bits per heavy atom. The maximum Gasteiger partial charge on any atom is 0.264 e. The van der Waals surface area contributed by atoms with Gasteiger partial charge in [-0.1, -0.05) is 24.3 Å². The zero-order valence-corrected chi connectivity index (χ0v) is 20.7. The second-order valence-electron chi connectivity index (χ2n) is 8.12. The van der Waals surface area contributed by atoms with Crippen molar-refractivity contribution in [3.8, 4) is 17.2 Å². The molecule has 0 unspecified atom stereocenters. The molecule has 1 heterocycles. The second kappa shape index (κ2) is 10.3. The molecule has 0 fully saturated rings. The quantitative estimate of drug-likeness (QED) is 0.480. The van der Waals surface area contributed by atoms with E-state index in [1.54, 1.807) is 36.4 Å². The van der Waals surface area contributed by atoms with Gasteiger partial charge >= 0.3 is 0 Å². The van der Waals surface area contributed by atoms with Crippen molar-refractivity contribution in [3.05, 3.63) is 77.9 Å². The van der Waals surface area contributed by atoms with Crippen molar-refractivity contribution in [1.82, 2.24) is 5.32 Å². The third-order valence-corrected chi connectivity index (χ3v) is 7.68. The molecule has 1 atom stereocenters. The van der Waals surface area contributed by atoms with Gasteiger partial charge in [0.15, 0.2) is 6.10 Å². The van der Waals surface area contributed by atoms with Crippen LogP contribution in [0.4, 0.5) is 5.69 Å². The number of hydrogen-bond acceptors (Lipinski definition) is 6. The molecular formula is C26H28N2O6S. The summed E-state index contributed by atoms with van der Waals surface area (Å²) in [5.74, 6) is 1.21. The Balaban J connectivity index is 1.46. The number of ether oxygens (including phenoxy) is 3. The molecule has 0 aliphatic carbocycles. The Labute approximate surface area is 205 Å². The van der Waals surface area contributed by atoms with E-state index < -0.39 is 22.0 Å². The Kier molecular flexibility index (Phi) is 7.16. The number of carbonyl (C=O) groups is 1. The van der Waals surface area contributed by atoms with E-state index >= 15 is 0 Å². The third-order valence-electron chi connectivity index (χ3n) is 5.89. The number of rotatable bonds is 8. The first kappa shape index (κ1) is 24.4. The van der Waals surface area contributed by atoms with Crippen molar-refractivity contribution in [2.75, 3.05) is 31.1 Å². The fourth-order valence-electron chi connectivity index (χ4n) is 3.77. The molecule has 35 heavy (non-hydrogen) atoms. The lowest BCUT2D eigenvalue weighted by Crippen LogP contribution is -2.51. The molecule has 0 aromatic heterocycles. The first-order chi connectivity index (χ1) is 16.8. The van der Waals surface area contributed by atoms with Gasteiger partial charge in [0.2, 0.25) is 0 Å². The van der Waals surface area contributed by atoms with Crippen LogP contribution in [0.15, 0.2) is 71.6 Å². The average molecular weight is 497 g/mol. The SMILES string of the molecule is COc1ccc(S(=O)(=O)N2C[C@H](C(=O)NCCOc3cccc(C)c3C)Oc3ccccc32)cc1. The summed E-state index contributed by atoms with van der Waals surface area (Å²) in [5, 5.41) is 2.79. The molecule has 1 aliphatic heterocycles. The number of para-hydroxylation sites is 2. The summed E-state index contributed by atoms with van der Waals surface area (Å²) in [4.78, 5) is 13.0. The maximum absolute atomic E-state index is 13.5. The Morgan fingerprint density at radius 2 is 1.80 bits per heavy atom. The first-order valence-electron chi connectivity index (χ1n) is 11.2. The van der Waals surface area contributed by atoms with Crippen molar-refractivity contribution < 1.29 is 27.4 Å². The number of carbonyl (C=O) groups excluding carboxylic acids is 1. The molecule has 0 radical (unpaired) electrons. The fraction of sp³-hybridized carbons (Fsp3) is 0.269. The smallest absolute Gasteiger partial charge is 0.264 e. The maximum atomic E-state index is 13.5. The van der Waals surface area contributed by atoms with E-state index in [0.717, 1.165) is 16.9 Å². The van der Waals surface area contributed by atoms with Crippen LogP contribution < -0.4 is 23.8 Å². The van der Waals surface area contributed by atoms with Gasteiger partial charge in [0.05, 0.1) is 30.8 Å². The van der Waals surface area contributed by atoms with Crippen LogP contribution in [0.2, 0.25) is 0 Å². The topological polar surface area (TPSA) is 94.2 Å². The zero-order chi connectivity index (χ0) is 25.0. The van der Waals surface area contributed by atoms with Gasteiger partial charge in [-0.25, -0.2) is 8.42 Å². The summed E-state index contributed by atoms with van der Waals surface area (Å²) in [7, 11) is -2.43. The van der Waals surface area contributed by atoms with Crippen LogP contribution in [0.1, 0.15) is 11.1 Å². The molecule has 0 saturated heterocycles. The molecule has 4 rings (SSSR count). The lowest BCUT2D eigenvalue weighted by Gasteiger charge is -2.34. The van der Waals surface area contributed by atoms with E-state index in [-0.39, 0.29) is 24.6 Å². The van der Waals surface area contributed by atoms with Gasteiger partial charge in [-0.05, 0) is 67.4 Å². The van der Waals surface area contributed by atoms with E-state index in [9.17, 15) is 13.2 Å². The number of nitrogens with zero attached hydrogens (tertiary/aromatic N) is 1. The molecule has 8 nitrogen and oxygen atoms in total. The van der Waals surface area contributed by atoms with Crippen molar-refractivity contribution in [1.29, 1.82) is 0 Å². The monoisotopic (exact) mass is 496 g/mol. The number of aryl methyl sites for hydroxylation is 1. The van der Waals surface area contributed by atoms with Crippen molar-refractivity contribution in [2.45, 2.75) is 24.8 Å². The lowest BCUT2D eigenvalue weighted by molar-refractivity contribution is -0.127. The minimum absolute atomic E-state index is 0.0936. The number of hydrogen-bond donors (Lipinski definition) is 1. The minimum Gasteiger partial charge on any atom is -0.497 e. The van der Waals surface area contributed by atoms with Crippen LogP contribution >= 0.6 is 0 Å². The van der Waals surface area contributed by atoms with Gasteiger partial charge in [-0.3, -0.25) is 9.10 Å². The molecule has 1 amide bonds. The van der Waals surface area contributed by atoms with Gasteiger partial charge in [0, 0.05) is 0 Å². The molecular weight excluding hydrogens is 468 g/mol. The summed E-state index contributed by atoms with van der Waals surface area (Å²) >= 11 is 0. The third kappa shape index (κ3) is 5.19. The molecule has 3 aromatic carbocycles. The van der Waals surface area contributed by atoms with Crippen LogP contribution in [0, 0.1) is 13.8 Å². The normalized spacial score (nSPS) is 15.1. The van der Waals surface area contributed by atoms with Gasteiger partial charge in [0.25, 0.3) is 15.9 Å². The number of methoxy groups -OCH3 is 1. The van der Waals surface area contributed by atoms with Crippen molar-refractivity contribution >= 4 is 21.6 Å². The number of amides is 1. The van der Waals surface area contributed by atoms with E-state index in [1.165, 1.54) is 23.5 Å². The van der Waals surface area contributed by atoms with E-state index in [4.69, 9.17) is 14.2 Å². The molecule has 1 aliphatic rings. The predicted molar refractivity (Wildman–Crippen MR) is 133 cm³/mol. The van der Waals surface area contributed by atoms with E-state index in [2.05, 4.69) is 5.32 Å². The Morgan fingerprint density at radius 1 is 1.06 bits per heavy atom. The predicted octanol–water partition coefficient (Wildman–Crippen LogP) is 3.46. The minimum atomic E-state index is -3.94. The Bertz CT molecular complexity index is 1310. The molecule has 9 heteroatoms. The number of fused-ring (bicyclic) bond motifs is 1. The number of benzene rings is 3. The highest BCUT2D eigenvalue weighted by atomic mass is 32.2. The molecule has 0 saturated carbocycles. The molecule has 0 bridgehead atoms. The average Bonchev–Trinajstić information content (AvgIpc) is 2.88. The van der Waals surface area contributed by atoms with Crippen LogP contribution in [0.3, 0.4) is 0 Å². The summed E-state index contributed by atoms with van der Waals surface area (Å²) in [6.45, 7) is 4.35. The number of nitrogens with one attached hydrogen (secondary N) is 1. The standard InChI is InChI=1S/C26H28N2O6S/c1-18-7-6-10-23(19(18)2)33-16-15-27-26(29)25-17-28(22-8-4-5-9-24(22)34-25)35(30,31)21-13-11-20(32-3)12-14-21/h4-14,25H,15-17H2,1-3H3,(H,27,29)/t25-/m1/s1. The summed E-state index contributed by atoms with van der Waals surface area (Å²) in [6, 6.07) is 18.7. The van der Waals surface area contributed by atoms with Gasteiger partial charge in [-0.15, -0.1) is 0 Å². The van der Waals surface area contributed by atoms with Crippen molar-refractivity contribution in [3.63, 3.8) is 0 Å². The summed E-state index contributed by atoms with van der Waals surface area (Å²) in [6.07, 6.45) is -1.02.